The van der Waals surface area contributed by atoms with E-state index in [2.05, 4.69) is 0 Å². The predicted octanol–water partition coefficient (Wildman–Crippen LogP) is 1.11. The molecule has 1 aromatic carbocycles. The van der Waals surface area contributed by atoms with Crippen LogP contribution in [0.15, 0.2) is 30.3 Å². The maximum Gasteiger partial charge on any atom is 0.386 e. The summed E-state index contributed by atoms with van der Waals surface area (Å²) in [5.74, 6) is -0.826. The van der Waals surface area contributed by atoms with E-state index in [0.29, 0.717) is 12.1 Å². The molecule has 0 amide bonds. The van der Waals surface area contributed by atoms with Gasteiger partial charge >= 0.3 is 12.0 Å². The van der Waals surface area contributed by atoms with Crippen molar-refractivity contribution in [2.75, 3.05) is 27.2 Å². The second-order valence-corrected chi connectivity index (χ2v) is 4.07. The third-order valence-corrected chi connectivity index (χ3v) is 2.33. The highest BCUT2D eigenvalue weighted by molar-refractivity contribution is 5.76. The molecule has 1 aromatic rings. The Morgan fingerprint density at radius 3 is 2.50 bits per heavy atom. The summed E-state index contributed by atoms with van der Waals surface area (Å²) in [4.78, 5) is 23.8. The SMILES string of the molecule is CN(C)CCOC(=O)C(c1ccccc1)[N+](=O)[O-]. The Morgan fingerprint density at radius 1 is 1.39 bits per heavy atom. The molecule has 1 rings (SSSR count). The Hall–Kier alpha value is -1.95. The van der Waals surface area contributed by atoms with Gasteiger partial charge in [-0.15, -0.1) is 0 Å². The Bertz CT molecular complexity index is 406. The molecular weight excluding hydrogens is 236 g/mol. The van der Waals surface area contributed by atoms with Crippen LogP contribution in [0.1, 0.15) is 11.6 Å². The Labute approximate surface area is 105 Å². The van der Waals surface area contributed by atoms with E-state index in [0.717, 1.165) is 0 Å². The number of nitro groups is 1. The summed E-state index contributed by atoms with van der Waals surface area (Å²) in [6.45, 7) is 0.675. The molecule has 0 radical (unpaired) electrons. The van der Waals surface area contributed by atoms with E-state index in [4.69, 9.17) is 4.74 Å². The van der Waals surface area contributed by atoms with E-state index in [1.807, 2.05) is 19.0 Å². The Kier molecular flexibility index (Phi) is 5.26. The molecule has 6 nitrogen and oxygen atoms in total. The van der Waals surface area contributed by atoms with Gasteiger partial charge in [-0.1, -0.05) is 30.3 Å². The minimum Gasteiger partial charge on any atom is -0.459 e. The fraction of sp³-hybridized carbons (Fsp3) is 0.417. The number of nitrogens with zero attached hydrogens (tertiary/aromatic N) is 2. The molecule has 1 unspecified atom stereocenters. The molecule has 0 aliphatic carbocycles. The largest absolute Gasteiger partial charge is 0.459 e. The average Bonchev–Trinajstić information content (AvgIpc) is 2.29. The maximum absolute atomic E-state index is 11.7. The lowest BCUT2D eigenvalue weighted by atomic mass is 10.1. The average molecular weight is 252 g/mol. The van der Waals surface area contributed by atoms with Gasteiger partial charge in [-0.05, 0) is 14.1 Å². The number of esters is 1. The quantitative estimate of drug-likeness (QED) is 0.431. The lowest BCUT2D eigenvalue weighted by molar-refractivity contribution is -0.516. The third kappa shape index (κ3) is 4.14. The minimum atomic E-state index is -1.45. The van der Waals surface area contributed by atoms with Gasteiger partial charge in [-0.3, -0.25) is 10.1 Å². The molecule has 0 aromatic heterocycles. The summed E-state index contributed by atoms with van der Waals surface area (Å²) in [7, 11) is 3.66. The van der Waals surface area contributed by atoms with E-state index in [-0.39, 0.29) is 6.61 Å². The van der Waals surface area contributed by atoms with Gasteiger partial charge in [0.25, 0.3) is 0 Å². The first-order chi connectivity index (χ1) is 8.52. The normalized spacial score (nSPS) is 12.2. The van der Waals surface area contributed by atoms with Crippen LogP contribution in [0.25, 0.3) is 0 Å². The van der Waals surface area contributed by atoms with Crippen molar-refractivity contribution in [3.63, 3.8) is 0 Å². The topological polar surface area (TPSA) is 72.7 Å². The Morgan fingerprint density at radius 2 is 2.00 bits per heavy atom. The summed E-state index contributed by atoms with van der Waals surface area (Å²) in [6, 6.07) is 6.67. The van der Waals surface area contributed by atoms with Crippen molar-refractivity contribution in [2.24, 2.45) is 0 Å². The van der Waals surface area contributed by atoms with E-state index >= 15 is 0 Å². The minimum absolute atomic E-state index is 0.142. The first kappa shape index (κ1) is 14.1. The highest BCUT2D eigenvalue weighted by Crippen LogP contribution is 2.17. The van der Waals surface area contributed by atoms with Gasteiger partial charge in [-0.25, -0.2) is 4.79 Å². The molecule has 0 heterocycles. The van der Waals surface area contributed by atoms with Crippen LogP contribution in [-0.4, -0.2) is 43.0 Å². The number of carbonyl (C=O) groups is 1. The van der Waals surface area contributed by atoms with Crippen LogP contribution in [0, 0.1) is 10.1 Å². The summed E-state index contributed by atoms with van der Waals surface area (Å²) >= 11 is 0. The van der Waals surface area contributed by atoms with Gasteiger partial charge in [0.1, 0.15) is 6.61 Å². The van der Waals surface area contributed by atoms with Crippen LogP contribution in [0.2, 0.25) is 0 Å². The van der Waals surface area contributed by atoms with E-state index in [9.17, 15) is 14.9 Å². The lowest BCUT2D eigenvalue weighted by Crippen LogP contribution is -2.26. The van der Waals surface area contributed by atoms with Crippen molar-refractivity contribution < 1.29 is 14.5 Å². The molecule has 6 heteroatoms. The van der Waals surface area contributed by atoms with Crippen molar-refractivity contribution >= 4 is 5.97 Å². The van der Waals surface area contributed by atoms with E-state index in [1.165, 1.54) is 0 Å². The number of hydrogen-bond donors (Lipinski definition) is 0. The first-order valence-corrected chi connectivity index (χ1v) is 5.52. The zero-order valence-electron chi connectivity index (χ0n) is 10.4. The molecule has 0 saturated heterocycles. The molecule has 98 valence electrons. The molecule has 1 atom stereocenters. The van der Waals surface area contributed by atoms with Gasteiger partial charge in [0.15, 0.2) is 0 Å². The Balaban J connectivity index is 2.69. The molecule has 0 fully saturated rings. The molecule has 18 heavy (non-hydrogen) atoms. The monoisotopic (exact) mass is 252 g/mol. The van der Waals surface area contributed by atoms with Crippen molar-refractivity contribution in [3.8, 4) is 0 Å². The van der Waals surface area contributed by atoms with Crippen LogP contribution in [0.4, 0.5) is 0 Å². The summed E-state index contributed by atoms with van der Waals surface area (Å²) < 4.78 is 4.91. The van der Waals surface area contributed by atoms with Crippen molar-refractivity contribution in [1.82, 2.24) is 4.90 Å². The zero-order valence-corrected chi connectivity index (χ0v) is 10.4. The molecule has 0 spiro atoms. The third-order valence-electron chi connectivity index (χ3n) is 2.33. The standard InChI is InChI=1S/C12H16N2O4/c1-13(2)8-9-18-12(15)11(14(16)17)10-6-4-3-5-7-10/h3-7,11H,8-9H2,1-2H3. The second kappa shape index (κ2) is 6.70. The highest BCUT2D eigenvalue weighted by atomic mass is 16.6. The molecule has 0 aliphatic rings. The van der Waals surface area contributed by atoms with Crippen molar-refractivity contribution in [3.05, 3.63) is 46.0 Å². The fourth-order valence-electron chi connectivity index (χ4n) is 1.39. The smallest absolute Gasteiger partial charge is 0.386 e. The lowest BCUT2D eigenvalue weighted by Gasteiger charge is -2.12. The number of ether oxygens (including phenoxy) is 1. The summed E-state index contributed by atoms with van der Waals surface area (Å²) in [6.07, 6.45) is 0. The van der Waals surface area contributed by atoms with Crippen LogP contribution in [0.3, 0.4) is 0 Å². The molecular formula is C12H16N2O4. The van der Waals surface area contributed by atoms with E-state index < -0.39 is 16.9 Å². The van der Waals surface area contributed by atoms with Gasteiger partial charge in [0.2, 0.25) is 0 Å². The number of likely N-dealkylation sites (N-methyl/N-ethyl adjacent to an activating group) is 1. The predicted molar refractivity (Wildman–Crippen MR) is 65.7 cm³/mol. The van der Waals surface area contributed by atoms with Crippen LogP contribution in [0.5, 0.6) is 0 Å². The molecule has 0 N–H and O–H groups in total. The van der Waals surface area contributed by atoms with Crippen LogP contribution < -0.4 is 0 Å². The second-order valence-electron chi connectivity index (χ2n) is 4.07. The number of hydrogen-bond acceptors (Lipinski definition) is 5. The maximum atomic E-state index is 11.7. The van der Waals surface area contributed by atoms with Gasteiger partial charge in [-0.2, -0.15) is 0 Å². The zero-order chi connectivity index (χ0) is 13.5. The number of benzene rings is 1. The van der Waals surface area contributed by atoms with Gasteiger partial charge in [0.05, 0.1) is 0 Å². The first-order valence-electron chi connectivity index (χ1n) is 5.52. The fourth-order valence-corrected chi connectivity index (χ4v) is 1.39. The number of carbonyl (C=O) groups excluding carboxylic acids is 1. The van der Waals surface area contributed by atoms with Gasteiger partial charge < -0.3 is 9.64 Å². The van der Waals surface area contributed by atoms with Crippen LogP contribution in [-0.2, 0) is 9.53 Å². The van der Waals surface area contributed by atoms with Crippen molar-refractivity contribution in [1.29, 1.82) is 0 Å². The molecule has 0 bridgehead atoms. The van der Waals surface area contributed by atoms with Gasteiger partial charge in [0, 0.05) is 17.0 Å². The van der Waals surface area contributed by atoms with E-state index in [1.54, 1.807) is 30.3 Å². The summed E-state index contributed by atoms with van der Waals surface area (Å²) in [5, 5.41) is 10.9. The number of rotatable bonds is 6. The molecule has 0 saturated carbocycles. The summed E-state index contributed by atoms with van der Waals surface area (Å²) in [5.41, 5.74) is 0.331. The highest BCUT2D eigenvalue weighted by Gasteiger charge is 2.33. The van der Waals surface area contributed by atoms with Crippen LogP contribution >= 0.6 is 0 Å². The molecule has 0 aliphatic heterocycles. The van der Waals surface area contributed by atoms with Crippen molar-refractivity contribution in [2.45, 2.75) is 6.04 Å².